The summed E-state index contributed by atoms with van der Waals surface area (Å²) in [5, 5.41) is 3.15. The third kappa shape index (κ3) is 4.23. The molecule has 1 unspecified atom stereocenters. The van der Waals surface area contributed by atoms with Gasteiger partial charge in [0, 0.05) is 19.5 Å². The van der Waals surface area contributed by atoms with E-state index in [-0.39, 0.29) is 5.97 Å². The molecule has 1 rings (SSSR count). The first kappa shape index (κ1) is 17.0. The van der Waals surface area contributed by atoms with Crippen molar-refractivity contribution in [1.29, 1.82) is 0 Å². The van der Waals surface area contributed by atoms with Crippen molar-refractivity contribution in [2.24, 2.45) is 0 Å². The van der Waals surface area contributed by atoms with Crippen LogP contribution >= 0.6 is 11.8 Å². The Morgan fingerprint density at radius 2 is 2.00 bits per heavy atom. The third-order valence-corrected chi connectivity index (χ3v) is 4.40. The lowest BCUT2D eigenvalue weighted by Gasteiger charge is -2.30. The maximum absolute atomic E-state index is 12.3. The maximum atomic E-state index is 12.3. The number of nitrogens with one attached hydrogen (secondary N) is 1. The minimum atomic E-state index is -0.798. The molecule has 5 heteroatoms. The number of esters is 1. The molecule has 0 fully saturated rings. The molecule has 0 amide bonds. The summed E-state index contributed by atoms with van der Waals surface area (Å²) in [7, 11) is 4.91. The largest absolute Gasteiger partial charge is 0.467 e. The fourth-order valence-corrected chi connectivity index (χ4v) is 3.21. The average molecular weight is 297 g/mol. The Balaban J connectivity index is 2.82. The van der Waals surface area contributed by atoms with E-state index in [0.29, 0.717) is 5.75 Å². The molecule has 20 heavy (non-hydrogen) atoms. The SMILES string of the molecule is CNC(CSCCCOC)(C(=O)OC)c1ccccc1. The second-order valence-corrected chi connectivity index (χ2v) is 5.52. The van der Waals surface area contributed by atoms with Crippen LogP contribution in [0.25, 0.3) is 0 Å². The first-order chi connectivity index (χ1) is 9.71. The van der Waals surface area contributed by atoms with Crippen molar-refractivity contribution in [1.82, 2.24) is 5.32 Å². The number of hydrogen-bond donors (Lipinski definition) is 1. The number of methoxy groups -OCH3 is 2. The highest BCUT2D eigenvalue weighted by Crippen LogP contribution is 2.27. The topological polar surface area (TPSA) is 47.6 Å². The zero-order chi connectivity index (χ0) is 14.8. The Morgan fingerprint density at radius 3 is 2.55 bits per heavy atom. The summed E-state index contributed by atoms with van der Waals surface area (Å²) in [6, 6.07) is 9.69. The molecular weight excluding hydrogens is 274 g/mol. The summed E-state index contributed by atoms with van der Waals surface area (Å²) >= 11 is 1.72. The molecule has 0 aliphatic carbocycles. The quantitative estimate of drug-likeness (QED) is 0.558. The van der Waals surface area contributed by atoms with Crippen molar-refractivity contribution in [2.45, 2.75) is 12.0 Å². The molecule has 0 aromatic heterocycles. The van der Waals surface area contributed by atoms with Gasteiger partial charge in [-0.3, -0.25) is 0 Å². The van der Waals surface area contributed by atoms with Gasteiger partial charge < -0.3 is 14.8 Å². The van der Waals surface area contributed by atoms with E-state index in [1.54, 1.807) is 25.9 Å². The first-order valence-electron chi connectivity index (χ1n) is 6.61. The van der Waals surface area contributed by atoms with E-state index in [2.05, 4.69) is 5.32 Å². The number of rotatable bonds is 9. The maximum Gasteiger partial charge on any atom is 0.331 e. The van der Waals surface area contributed by atoms with Gasteiger partial charge in [0.05, 0.1) is 7.11 Å². The molecule has 4 nitrogen and oxygen atoms in total. The monoisotopic (exact) mass is 297 g/mol. The Morgan fingerprint density at radius 1 is 1.30 bits per heavy atom. The highest BCUT2D eigenvalue weighted by atomic mass is 32.2. The molecule has 112 valence electrons. The van der Waals surface area contributed by atoms with Gasteiger partial charge in [0.15, 0.2) is 5.54 Å². The predicted molar refractivity (Wildman–Crippen MR) is 83.0 cm³/mol. The average Bonchev–Trinajstić information content (AvgIpc) is 2.51. The van der Waals surface area contributed by atoms with Gasteiger partial charge in [0.2, 0.25) is 0 Å². The lowest BCUT2D eigenvalue weighted by atomic mass is 9.92. The zero-order valence-electron chi connectivity index (χ0n) is 12.3. The molecular formula is C15H23NO3S. The van der Waals surface area contributed by atoms with Gasteiger partial charge in [-0.1, -0.05) is 30.3 Å². The number of carbonyl (C=O) groups excluding carboxylic acids is 1. The van der Waals surface area contributed by atoms with E-state index in [1.807, 2.05) is 30.3 Å². The van der Waals surface area contributed by atoms with Crippen molar-refractivity contribution in [3.8, 4) is 0 Å². The van der Waals surface area contributed by atoms with Crippen LogP contribution in [0.3, 0.4) is 0 Å². The van der Waals surface area contributed by atoms with Crippen molar-refractivity contribution < 1.29 is 14.3 Å². The van der Waals surface area contributed by atoms with E-state index in [9.17, 15) is 4.79 Å². The van der Waals surface area contributed by atoms with Crippen molar-refractivity contribution in [3.63, 3.8) is 0 Å². The second-order valence-electron chi connectivity index (χ2n) is 4.41. The van der Waals surface area contributed by atoms with Crippen LogP contribution in [0.2, 0.25) is 0 Å². The molecule has 0 spiro atoms. The van der Waals surface area contributed by atoms with Gasteiger partial charge in [0.1, 0.15) is 0 Å². The molecule has 1 atom stereocenters. The molecule has 0 heterocycles. The summed E-state index contributed by atoms with van der Waals surface area (Å²) in [6.07, 6.45) is 0.969. The van der Waals surface area contributed by atoms with Crippen LogP contribution < -0.4 is 5.32 Å². The fourth-order valence-electron chi connectivity index (χ4n) is 2.01. The number of likely N-dealkylation sites (N-methyl/N-ethyl adjacent to an activating group) is 1. The molecule has 0 aliphatic rings. The Bertz CT molecular complexity index is 399. The van der Waals surface area contributed by atoms with Crippen molar-refractivity contribution in [3.05, 3.63) is 35.9 Å². The van der Waals surface area contributed by atoms with Crippen LogP contribution in [0, 0.1) is 0 Å². The van der Waals surface area contributed by atoms with E-state index < -0.39 is 5.54 Å². The van der Waals surface area contributed by atoms with Crippen molar-refractivity contribution >= 4 is 17.7 Å². The van der Waals surface area contributed by atoms with E-state index in [0.717, 1.165) is 24.3 Å². The molecule has 1 N–H and O–H groups in total. The normalized spacial score (nSPS) is 13.8. The van der Waals surface area contributed by atoms with Crippen LogP contribution in [0.5, 0.6) is 0 Å². The highest BCUT2D eigenvalue weighted by molar-refractivity contribution is 7.99. The highest BCUT2D eigenvalue weighted by Gasteiger charge is 2.39. The van der Waals surface area contributed by atoms with Crippen molar-refractivity contribution in [2.75, 3.05) is 39.4 Å². The van der Waals surface area contributed by atoms with Crippen LogP contribution in [0.4, 0.5) is 0 Å². The van der Waals surface area contributed by atoms with Crippen LogP contribution in [0.1, 0.15) is 12.0 Å². The molecule has 0 saturated heterocycles. The molecule has 0 saturated carbocycles. The summed E-state index contributed by atoms with van der Waals surface area (Å²) in [6.45, 7) is 0.739. The first-order valence-corrected chi connectivity index (χ1v) is 7.76. The Labute approximate surface area is 125 Å². The third-order valence-electron chi connectivity index (χ3n) is 3.18. The molecule has 0 bridgehead atoms. The lowest BCUT2D eigenvalue weighted by Crippen LogP contribution is -2.50. The standard InChI is InChI=1S/C15H23NO3S/c1-16-15(14(17)19-3,12-20-11-7-10-18-2)13-8-5-4-6-9-13/h4-6,8-9,16H,7,10-12H2,1-3H3. The fraction of sp³-hybridized carbons (Fsp3) is 0.533. The summed E-state index contributed by atoms with van der Waals surface area (Å²) in [5.41, 5.74) is 0.127. The Kier molecular flexibility index (Phi) is 7.65. The lowest BCUT2D eigenvalue weighted by molar-refractivity contribution is -0.147. The molecule has 1 aromatic rings. The van der Waals surface area contributed by atoms with Crippen LogP contribution in [-0.4, -0.2) is 45.3 Å². The van der Waals surface area contributed by atoms with Gasteiger partial charge in [0.25, 0.3) is 0 Å². The Hall–Kier alpha value is -1.04. The van der Waals surface area contributed by atoms with Gasteiger partial charge in [-0.05, 0) is 24.8 Å². The summed E-state index contributed by atoms with van der Waals surface area (Å²) in [5.74, 6) is 1.32. The minimum Gasteiger partial charge on any atom is -0.467 e. The summed E-state index contributed by atoms with van der Waals surface area (Å²) < 4.78 is 10.0. The number of ether oxygens (including phenoxy) is 2. The smallest absolute Gasteiger partial charge is 0.331 e. The van der Waals surface area contributed by atoms with Crippen LogP contribution in [-0.2, 0) is 19.8 Å². The van der Waals surface area contributed by atoms with E-state index in [4.69, 9.17) is 9.47 Å². The van der Waals surface area contributed by atoms with Gasteiger partial charge >= 0.3 is 5.97 Å². The number of thioether (sulfide) groups is 1. The van der Waals surface area contributed by atoms with E-state index >= 15 is 0 Å². The number of benzene rings is 1. The minimum absolute atomic E-state index is 0.259. The molecule has 0 radical (unpaired) electrons. The number of hydrogen-bond acceptors (Lipinski definition) is 5. The van der Waals surface area contributed by atoms with Crippen LogP contribution in [0.15, 0.2) is 30.3 Å². The summed E-state index contributed by atoms with van der Waals surface area (Å²) in [4.78, 5) is 12.3. The zero-order valence-corrected chi connectivity index (χ0v) is 13.2. The molecule has 1 aromatic carbocycles. The number of carbonyl (C=O) groups is 1. The molecule has 0 aliphatic heterocycles. The van der Waals surface area contributed by atoms with Gasteiger partial charge in [-0.15, -0.1) is 0 Å². The second kappa shape index (κ2) is 9.00. The predicted octanol–water partition coefficient (Wildman–Crippen LogP) is 2.04. The van der Waals surface area contributed by atoms with E-state index in [1.165, 1.54) is 7.11 Å². The van der Waals surface area contributed by atoms with Gasteiger partial charge in [-0.25, -0.2) is 4.79 Å². The van der Waals surface area contributed by atoms with Gasteiger partial charge in [-0.2, -0.15) is 11.8 Å².